The fourth-order valence-electron chi connectivity index (χ4n) is 1.51. The van der Waals surface area contributed by atoms with Crippen molar-refractivity contribution in [1.29, 1.82) is 0 Å². The molecule has 0 fully saturated rings. The summed E-state index contributed by atoms with van der Waals surface area (Å²) in [7, 11) is 0. The van der Waals surface area contributed by atoms with Gasteiger partial charge < -0.3 is 5.32 Å². The molecule has 0 radical (unpaired) electrons. The molecule has 1 unspecified atom stereocenters. The molecule has 1 aliphatic heterocycles. The van der Waals surface area contributed by atoms with Crippen LogP contribution in [0, 0.1) is 3.57 Å². The van der Waals surface area contributed by atoms with Crippen LogP contribution >= 0.6 is 22.6 Å². The molecule has 1 aromatic carbocycles. The standard InChI is InChI=1S/C9H10IN/c1-6-4-7-2-3-8(10)5-9(7)11-6/h2-3,5-6,11H,4H2,1H3. The van der Waals surface area contributed by atoms with Gasteiger partial charge in [-0.1, -0.05) is 6.07 Å². The van der Waals surface area contributed by atoms with Crippen molar-refractivity contribution in [3.63, 3.8) is 0 Å². The number of anilines is 1. The van der Waals surface area contributed by atoms with Crippen molar-refractivity contribution in [2.75, 3.05) is 5.32 Å². The maximum atomic E-state index is 3.43. The van der Waals surface area contributed by atoms with Crippen LogP contribution in [-0.2, 0) is 6.42 Å². The van der Waals surface area contributed by atoms with E-state index < -0.39 is 0 Å². The summed E-state index contributed by atoms with van der Waals surface area (Å²) in [4.78, 5) is 0. The Bertz CT molecular complexity index is 283. The lowest BCUT2D eigenvalue weighted by atomic mass is 10.1. The van der Waals surface area contributed by atoms with Gasteiger partial charge in [0.1, 0.15) is 0 Å². The minimum absolute atomic E-state index is 0.614. The molecular weight excluding hydrogens is 249 g/mol. The van der Waals surface area contributed by atoms with Gasteiger partial charge in [0.25, 0.3) is 0 Å². The lowest BCUT2D eigenvalue weighted by Gasteiger charge is -2.01. The van der Waals surface area contributed by atoms with Crippen LogP contribution in [0.15, 0.2) is 18.2 Å². The minimum atomic E-state index is 0.614. The lowest BCUT2D eigenvalue weighted by molar-refractivity contribution is 0.839. The largest absolute Gasteiger partial charge is 0.382 e. The molecule has 2 heteroatoms. The van der Waals surface area contributed by atoms with Gasteiger partial charge in [0, 0.05) is 15.3 Å². The van der Waals surface area contributed by atoms with Crippen LogP contribution in [0.5, 0.6) is 0 Å². The van der Waals surface area contributed by atoms with Crippen molar-refractivity contribution in [3.8, 4) is 0 Å². The zero-order chi connectivity index (χ0) is 7.84. The van der Waals surface area contributed by atoms with E-state index in [9.17, 15) is 0 Å². The third-order valence-corrected chi connectivity index (χ3v) is 2.67. The molecule has 0 saturated heterocycles. The molecule has 1 N–H and O–H groups in total. The van der Waals surface area contributed by atoms with E-state index in [1.54, 1.807) is 0 Å². The molecule has 0 aliphatic carbocycles. The zero-order valence-electron chi connectivity index (χ0n) is 6.39. The summed E-state index contributed by atoms with van der Waals surface area (Å²) in [6.07, 6.45) is 1.17. The molecule has 1 aliphatic rings. The van der Waals surface area contributed by atoms with Crippen molar-refractivity contribution in [2.45, 2.75) is 19.4 Å². The highest BCUT2D eigenvalue weighted by Gasteiger charge is 2.15. The Hall–Kier alpha value is -0.250. The third-order valence-electron chi connectivity index (χ3n) is 2.00. The second-order valence-corrected chi connectivity index (χ2v) is 4.30. The number of nitrogens with one attached hydrogen (secondary N) is 1. The van der Waals surface area contributed by atoms with Crippen molar-refractivity contribution in [3.05, 3.63) is 27.3 Å². The van der Waals surface area contributed by atoms with Crippen LogP contribution in [0.2, 0.25) is 0 Å². The maximum absolute atomic E-state index is 3.43. The first-order valence-electron chi connectivity index (χ1n) is 3.80. The molecule has 11 heavy (non-hydrogen) atoms. The first-order chi connectivity index (χ1) is 5.25. The molecule has 1 heterocycles. The maximum Gasteiger partial charge on any atom is 0.0386 e. The van der Waals surface area contributed by atoms with Crippen LogP contribution in [-0.4, -0.2) is 6.04 Å². The Morgan fingerprint density at radius 1 is 1.55 bits per heavy atom. The summed E-state index contributed by atoms with van der Waals surface area (Å²) in [5.41, 5.74) is 2.78. The van der Waals surface area contributed by atoms with E-state index in [0.717, 1.165) is 0 Å². The Morgan fingerprint density at radius 3 is 3.18 bits per heavy atom. The molecule has 58 valence electrons. The Balaban J connectivity index is 2.43. The van der Waals surface area contributed by atoms with Crippen molar-refractivity contribution in [1.82, 2.24) is 0 Å². The normalized spacial score (nSPS) is 21.1. The fourth-order valence-corrected chi connectivity index (χ4v) is 2.00. The van der Waals surface area contributed by atoms with Crippen LogP contribution in [0.25, 0.3) is 0 Å². The van der Waals surface area contributed by atoms with E-state index >= 15 is 0 Å². The van der Waals surface area contributed by atoms with E-state index in [0.29, 0.717) is 6.04 Å². The smallest absolute Gasteiger partial charge is 0.0386 e. The predicted molar refractivity (Wildman–Crippen MR) is 55.9 cm³/mol. The average molecular weight is 259 g/mol. The number of hydrogen-bond acceptors (Lipinski definition) is 1. The summed E-state index contributed by atoms with van der Waals surface area (Å²) >= 11 is 2.34. The topological polar surface area (TPSA) is 12.0 Å². The number of halogens is 1. The highest BCUT2D eigenvalue weighted by molar-refractivity contribution is 14.1. The van der Waals surface area contributed by atoms with Crippen molar-refractivity contribution >= 4 is 28.3 Å². The SMILES string of the molecule is CC1Cc2ccc(I)cc2N1. The van der Waals surface area contributed by atoms with E-state index in [1.807, 2.05) is 0 Å². The Morgan fingerprint density at radius 2 is 2.36 bits per heavy atom. The first-order valence-corrected chi connectivity index (χ1v) is 4.88. The van der Waals surface area contributed by atoms with Gasteiger partial charge in [0.2, 0.25) is 0 Å². The molecule has 0 spiro atoms. The van der Waals surface area contributed by atoms with Gasteiger partial charge >= 0.3 is 0 Å². The van der Waals surface area contributed by atoms with Gasteiger partial charge in [-0.05, 0) is 53.6 Å². The molecule has 0 bridgehead atoms. The molecule has 1 aromatic rings. The van der Waals surface area contributed by atoms with Gasteiger partial charge in [-0.2, -0.15) is 0 Å². The van der Waals surface area contributed by atoms with E-state index in [-0.39, 0.29) is 0 Å². The second kappa shape index (κ2) is 2.66. The summed E-state index contributed by atoms with van der Waals surface area (Å²) < 4.78 is 1.31. The Kier molecular flexibility index (Phi) is 1.79. The first kappa shape index (κ1) is 7.40. The van der Waals surface area contributed by atoms with Gasteiger partial charge in [-0.3, -0.25) is 0 Å². The van der Waals surface area contributed by atoms with E-state index in [4.69, 9.17) is 0 Å². The van der Waals surface area contributed by atoms with Gasteiger partial charge in [-0.25, -0.2) is 0 Å². The van der Waals surface area contributed by atoms with Crippen molar-refractivity contribution in [2.24, 2.45) is 0 Å². The predicted octanol–water partition coefficient (Wildman–Crippen LogP) is 2.65. The summed E-state index contributed by atoms with van der Waals surface area (Å²) in [5, 5.41) is 3.43. The Labute approximate surface area is 80.3 Å². The fraction of sp³-hybridized carbons (Fsp3) is 0.333. The summed E-state index contributed by atoms with van der Waals surface area (Å²) in [5.74, 6) is 0. The van der Waals surface area contributed by atoms with Gasteiger partial charge in [-0.15, -0.1) is 0 Å². The van der Waals surface area contributed by atoms with Crippen LogP contribution in [0.1, 0.15) is 12.5 Å². The van der Waals surface area contributed by atoms with E-state index in [1.165, 1.54) is 21.2 Å². The van der Waals surface area contributed by atoms with E-state index in [2.05, 4.69) is 53.0 Å². The van der Waals surface area contributed by atoms with Gasteiger partial charge in [0.15, 0.2) is 0 Å². The number of rotatable bonds is 0. The van der Waals surface area contributed by atoms with Crippen molar-refractivity contribution < 1.29 is 0 Å². The highest BCUT2D eigenvalue weighted by atomic mass is 127. The van der Waals surface area contributed by atoms with Crippen LogP contribution < -0.4 is 5.32 Å². The monoisotopic (exact) mass is 259 g/mol. The van der Waals surface area contributed by atoms with Crippen LogP contribution in [0.4, 0.5) is 5.69 Å². The highest BCUT2D eigenvalue weighted by Crippen LogP contribution is 2.26. The summed E-state index contributed by atoms with van der Waals surface area (Å²) in [6.45, 7) is 2.22. The summed E-state index contributed by atoms with van der Waals surface area (Å²) in [6, 6.07) is 7.20. The molecule has 0 aromatic heterocycles. The molecule has 1 atom stereocenters. The average Bonchev–Trinajstić information content (AvgIpc) is 2.27. The second-order valence-electron chi connectivity index (χ2n) is 3.05. The molecule has 1 nitrogen and oxygen atoms in total. The lowest BCUT2D eigenvalue weighted by Crippen LogP contribution is -2.08. The minimum Gasteiger partial charge on any atom is -0.382 e. The molecule has 2 rings (SSSR count). The molecular formula is C9H10IN. The third kappa shape index (κ3) is 1.36. The quantitative estimate of drug-likeness (QED) is 0.706. The molecule has 0 saturated carbocycles. The number of benzene rings is 1. The zero-order valence-corrected chi connectivity index (χ0v) is 8.55. The number of hydrogen-bond donors (Lipinski definition) is 1. The molecule has 0 amide bonds. The van der Waals surface area contributed by atoms with Crippen LogP contribution in [0.3, 0.4) is 0 Å². The number of fused-ring (bicyclic) bond motifs is 1. The van der Waals surface area contributed by atoms with Gasteiger partial charge in [0.05, 0.1) is 0 Å².